The molecular weight excluding hydrogens is 434 g/mol. The lowest BCUT2D eigenvalue weighted by Crippen LogP contribution is -2.52. The Kier molecular flexibility index (Phi) is 8.37. The average molecular weight is 465 g/mol. The van der Waals surface area contributed by atoms with Crippen molar-refractivity contribution < 1.29 is 9.18 Å². The van der Waals surface area contributed by atoms with Gasteiger partial charge in [-0.3, -0.25) is 9.69 Å². The Morgan fingerprint density at radius 3 is 2.74 bits per heavy atom. The summed E-state index contributed by atoms with van der Waals surface area (Å²) in [5.74, 6) is -0.904. The van der Waals surface area contributed by atoms with Crippen LogP contribution in [0.1, 0.15) is 45.4 Å². The smallest absolute Gasteiger partial charge is 0.229 e. The Morgan fingerprint density at radius 2 is 2.10 bits per heavy atom. The van der Waals surface area contributed by atoms with Crippen LogP contribution in [0.4, 0.5) is 10.1 Å². The minimum absolute atomic E-state index is 0.0596. The molecule has 168 valence electrons. The first-order valence-corrected chi connectivity index (χ1v) is 11.8. The fraction of sp³-hybridized carbons (Fsp3) is 0.480. The van der Waals surface area contributed by atoms with E-state index in [1.807, 2.05) is 12.1 Å². The summed E-state index contributed by atoms with van der Waals surface area (Å²) in [6.07, 6.45) is 10.1. The summed E-state index contributed by atoms with van der Waals surface area (Å²) in [6.45, 7) is 7.24. The van der Waals surface area contributed by atoms with Crippen molar-refractivity contribution in [3.05, 3.63) is 65.0 Å². The summed E-state index contributed by atoms with van der Waals surface area (Å²) < 4.78 is 15.0. The number of amides is 1. The Bertz CT molecular complexity index is 861. The molecule has 2 atom stereocenters. The van der Waals surface area contributed by atoms with Crippen molar-refractivity contribution in [2.45, 2.75) is 51.0 Å². The van der Waals surface area contributed by atoms with E-state index >= 15 is 0 Å². The maximum atomic E-state index is 15.0. The van der Waals surface area contributed by atoms with Crippen molar-refractivity contribution in [1.82, 2.24) is 4.90 Å². The van der Waals surface area contributed by atoms with Crippen LogP contribution in [0.25, 0.3) is 0 Å². The van der Waals surface area contributed by atoms with E-state index in [1.54, 1.807) is 24.3 Å². The first-order valence-electron chi connectivity index (χ1n) is 11.1. The highest BCUT2D eigenvalue weighted by atomic mass is 35.5. The van der Waals surface area contributed by atoms with Gasteiger partial charge >= 0.3 is 0 Å². The molecular formula is C25H31Cl2FN2O. The van der Waals surface area contributed by atoms with Gasteiger partial charge in [0, 0.05) is 29.2 Å². The van der Waals surface area contributed by atoms with Gasteiger partial charge in [0.25, 0.3) is 0 Å². The van der Waals surface area contributed by atoms with E-state index in [2.05, 4.69) is 23.7 Å². The number of anilines is 1. The van der Waals surface area contributed by atoms with Crippen LogP contribution in [0.3, 0.4) is 0 Å². The van der Waals surface area contributed by atoms with Crippen molar-refractivity contribution in [3.8, 4) is 0 Å². The van der Waals surface area contributed by atoms with E-state index in [1.165, 1.54) is 12.5 Å². The molecule has 0 aromatic heterocycles. The predicted molar refractivity (Wildman–Crippen MR) is 128 cm³/mol. The summed E-state index contributed by atoms with van der Waals surface area (Å²) in [7, 11) is 0. The molecule has 0 radical (unpaired) electrons. The maximum absolute atomic E-state index is 15.0. The zero-order valence-electron chi connectivity index (χ0n) is 18.0. The molecule has 2 fully saturated rings. The first-order chi connectivity index (χ1) is 14.9. The fourth-order valence-electron chi connectivity index (χ4n) is 5.44. The van der Waals surface area contributed by atoms with E-state index in [0.717, 1.165) is 32.2 Å². The number of hydrogen-bond donors (Lipinski definition) is 1. The third kappa shape index (κ3) is 5.42. The summed E-state index contributed by atoms with van der Waals surface area (Å²) in [4.78, 5) is 16.0. The van der Waals surface area contributed by atoms with Gasteiger partial charge in [0.15, 0.2) is 0 Å². The highest BCUT2D eigenvalue weighted by Gasteiger charge is 2.56. The summed E-state index contributed by atoms with van der Waals surface area (Å²) in [5.41, 5.74) is 0.435. The summed E-state index contributed by atoms with van der Waals surface area (Å²) >= 11 is 12.3. The number of nitrogens with zero attached hydrogens (tertiary/aromatic N) is 1. The molecule has 1 amide bonds. The Hall–Kier alpha value is -1.62. The number of hydrogen-bond acceptors (Lipinski definition) is 2. The minimum atomic E-state index is -0.380. The Labute approximate surface area is 195 Å². The molecule has 31 heavy (non-hydrogen) atoms. The third-order valence-corrected chi connectivity index (χ3v) is 7.26. The third-order valence-electron chi connectivity index (χ3n) is 6.69. The van der Waals surface area contributed by atoms with Gasteiger partial charge in [-0.25, -0.2) is 4.39 Å². The average Bonchev–Trinajstić information content (AvgIpc) is 3.04. The molecule has 1 aliphatic heterocycles. The minimum Gasteiger partial charge on any atom is -0.326 e. The van der Waals surface area contributed by atoms with Crippen LogP contribution in [0.15, 0.2) is 59.9 Å². The van der Waals surface area contributed by atoms with Gasteiger partial charge < -0.3 is 5.32 Å². The van der Waals surface area contributed by atoms with Crippen LogP contribution in [-0.2, 0) is 4.79 Å². The SMILES string of the molecule is C=C/C=C\C(Cl)=C(\F)CC1CN(CC)C2(CCCCC2)C1C(=O)Nc1cccc(Cl)c1. The Morgan fingerprint density at radius 1 is 1.35 bits per heavy atom. The van der Waals surface area contributed by atoms with Crippen LogP contribution in [0, 0.1) is 11.8 Å². The van der Waals surface area contributed by atoms with Crippen molar-refractivity contribution in [3.63, 3.8) is 0 Å². The zero-order valence-corrected chi connectivity index (χ0v) is 19.6. The van der Waals surface area contributed by atoms with E-state index in [-0.39, 0.29) is 40.6 Å². The number of carbonyl (C=O) groups excluding carboxylic acids is 1. The molecule has 1 aromatic rings. The normalized spacial score (nSPS) is 24.4. The van der Waals surface area contributed by atoms with E-state index in [0.29, 0.717) is 17.3 Å². The predicted octanol–water partition coefficient (Wildman–Crippen LogP) is 7.10. The molecule has 3 nitrogen and oxygen atoms in total. The molecule has 2 aliphatic rings. The van der Waals surface area contributed by atoms with Gasteiger partial charge in [-0.2, -0.15) is 0 Å². The molecule has 0 bridgehead atoms. The summed E-state index contributed by atoms with van der Waals surface area (Å²) in [5, 5.41) is 3.70. The molecule has 1 aromatic carbocycles. The lowest BCUT2D eigenvalue weighted by Gasteiger charge is -2.45. The van der Waals surface area contributed by atoms with Gasteiger partial charge in [0.2, 0.25) is 5.91 Å². The largest absolute Gasteiger partial charge is 0.326 e. The second-order valence-corrected chi connectivity index (χ2v) is 9.34. The molecule has 1 saturated carbocycles. The summed E-state index contributed by atoms with van der Waals surface area (Å²) in [6, 6.07) is 7.16. The highest BCUT2D eigenvalue weighted by Crippen LogP contribution is 2.50. The highest BCUT2D eigenvalue weighted by molar-refractivity contribution is 6.31. The van der Waals surface area contributed by atoms with Crippen LogP contribution < -0.4 is 5.32 Å². The second kappa shape index (κ2) is 10.8. The number of nitrogens with one attached hydrogen (secondary N) is 1. The molecule has 2 unspecified atom stereocenters. The molecule has 1 saturated heterocycles. The second-order valence-electron chi connectivity index (χ2n) is 8.49. The topological polar surface area (TPSA) is 32.3 Å². The number of carbonyl (C=O) groups is 1. The maximum Gasteiger partial charge on any atom is 0.229 e. The van der Waals surface area contributed by atoms with Crippen LogP contribution in [0.2, 0.25) is 5.02 Å². The van der Waals surface area contributed by atoms with Gasteiger partial charge in [-0.1, -0.05) is 74.2 Å². The number of halogens is 3. The van der Waals surface area contributed by atoms with Gasteiger partial charge in [-0.15, -0.1) is 0 Å². The van der Waals surface area contributed by atoms with Crippen molar-refractivity contribution in [2.24, 2.45) is 11.8 Å². The number of benzene rings is 1. The monoisotopic (exact) mass is 464 g/mol. The lowest BCUT2D eigenvalue weighted by molar-refractivity contribution is -0.124. The van der Waals surface area contributed by atoms with Crippen molar-refractivity contribution >= 4 is 34.8 Å². The zero-order chi connectivity index (χ0) is 22.4. The molecule has 1 N–H and O–H groups in total. The standard InChI is InChI=1S/C25H31Cl2FN2O/c1-3-5-12-21(27)22(28)15-18-17-30(4-2)25(13-7-6-8-14-25)23(18)24(31)29-20-11-9-10-19(26)16-20/h3,5,9-12,16,18,23H,1,4,6-8,13-15,17H2,2H3,(H,29,31)/b12-5-,22-21-. The van der Waals surface area contributed by atoms with E-state index in [9.17, 15) is 9.18 Å². The molecule has 1 spiro atoms. The number of allylic oxidation sites excluding steroid dienone is 5. The molecule has 1 aliphatic carbocycles. The Balaban J connectivity index is 1.93. The van der Waals surface area contributed by atoms with Gasteiger partial charge in [0.05, 0.1) is 11.0 Å². The van der Waals surface area contributed by atoms with Crippen LogP contribution in [0.5, 0.6) is 0 Å². The van der Waals surface area contributed by atoms with Crippen molar-refractivity contribution in [1.29, 1.82) is 0 Å². The first kappa shape index (κ1) is 24.0. The molecule has 1 heterocycles. The molecule has 3 rings (SSSR count). The van der Waals surface area contributed by atoms with Crippen LogP contribution in [-0.4, -0.2) is 29.4 Å². The molecule has 6 heteroatoms. The van der Waals surface area contributed by atoms with Crippen molar-refractivity contribution in [2.75, 3.05) is 18.4 Å². The van der Waals surface area contributed by atoms with Gasteiger partial charge in [-0.05, 0) is 49.6 Å². The fourth-order valence-corrected chi connectivity index (χ4v) is 5.78. The lowest BCUT2D eigenvalue weighted by atomic mass is 9.69. The number of likely N-dealkylation sites (tertiary alicyclic amines) is 1. The van der Waals surface area contributed by atoms with E-state index < -0.39 is 0 Å². The quantitative estimate of drug-likeness (QED) is 0.436. The number of rotatable bonds is 7. The van der Waals surface area contributed by atoms with Gasteiger partial charge in [0.1, 0.15) is 5.83 Å². The van der Waals surface area contributed by atoms with Crippen LogP contribution >= 0.6 is 23.2 Å². The van der Waals surface area contributed by atoms with E-state index in [4.69, 9.17) is 23.2 Å².